The number of esters is 7. The van der Waals surface area contributed by atoms with Gasteiger partial charge in [-0.3, -0.25) is 4.79 Å². The van der Waals surface area contributed by atoms with Gasteiger partial charge in [0.1, 0.15) is 18.6 Å². The van der Waals surface area contributed by atoms with Gasteiger partial charge in [-0.1, -0.05) is 106 Å². The van der Waals surface area contributed by atoms with E-state index < -0.39 is 87.6 Å². The van der Waals surface area contributed by atoms with E-state index in [1.54, 1.807) is 146 Å². The Balaban J connectivity index is 0.000000224. The molecule has 0 aliphatic carbocycles. The maximum Gasteiger partial charge on any atom is 0.338 e. The Morgan fingerprint density at radius 3 is 0.896 bits per heavy atom. The topological polar surface area (TPSA) is 204 Å². The number of thioether (sulfide) groups is 2. The molecule has 6 aromatic rings. The lowest BCUT2D eigenvalue weighted by atomic mass is 10.1. The minimum absolute atomic E-state index is 0.154. The van der Waals surface area contributed by atoms with Crippen molar-refractivity contribution in [1.82, 2.24) is 0 Å². The van der Waals surface area contributed by atoms with Gasteiger partial charge in [-0.2, -0.15) is 0 Å². The van der Waals surface area contributed by atoms with Gasteiger partial charge in [-0.15, -0.1) is 23.5 Å². The summed E-state index contributed by atoms with van der Waals surface area (Å²) in [5.41, 5.74) is 5.66. The van der Waals surface area contributed by atoms with Crippen molar-refractivity contribution in [3.63, 3.8) is 0 Å². The highest BCUT2D eigenvalue weighted by molar-refractivity contribution is 8.01. The van der Waals surface area contributed by atoms with E-state index in [0.717, 1.165) is 56.9 Å². The smallest absolute Gasteiger partial charge is 0.338 e. The zero-order valence-electron chi connectivity index (χ0n) is 43.4. The molecule has 0 aromatic heterocycles. The van der Waals surface area contributed by atoms with Gasteiger partial charge in [-0.05, 0) is 114 Å². The van der Waals surface area contributed by atoms with Crippen LogP contribution in [0.2, 0.25) is 0 Å². The molecule has 0 bridgehead atoms. The summed E-state index contributed by atoms with van der Waals surface area (Å²) >= 11 is 2.12. The Morgan fingerprint density at radius 1 is 0.351 bits per heavy atom. The van der Waals surface area contributed by atoms with Gasteiger partial charge in [0.15, 0.2) is 29.9 Å². The van der Waals surface area contributed by atoms with Crippen LogP contribution in [-0.4, -0.2) is 106 Å². The van der Waals surface area contributed by atoms with Crippen molar-refractivity contribution in [2.24, 2.45) is 0 Å². The first-order valence-electron chi connectivity index (χ1n) is 24.6. The SMILES string of the molecule is CC(=O)OC1S[C@@H](COC(=O)c2ccc(C)cc2)[C@@H](OC(=O)c2ccc(C)cc2)[C@@H]1OC(=O)c1ccc(C)cc1.Cc1ccc(C(=O)OC[C@@H]2SC(O)[C@@H](OC(=O)c3ccc(C)cc3)[C@@H]2OC(=O)c2ccc(C)cc2)cc1. The first kappa shape index (κ1) is 57.0. The molecule has 400 valence electrons. The fourth-order valence-electron chi connectivity index (χ4n) is 7.85. The molecule has 2 heterocycles. The molecule has 0 saturated carbocycles. The minimum atomic E-state index is -1.19. The van der Waals surface area contributed by atoms with Crippen LogP contribution in [0.1, 0.15) is 102 Å². The summed E-state index contributed by atoms with van der Waals surface area (Å²) < 4.78 is 39.5. The number of carbonyl (C=O) groups is 7. The third-order valence-electron chi connectivity index (χ3n) is 12.3. The quantitative estimate of drug-likeness (QED) is 0.0750. The van der Waals surface area contributed by atoms with Crippen LogP contribution in [0.15, 0.2) is 146 Å². The van der Waals surface area contributed by atoms with Crippen LogP contribution in [0, 0.1) is 41.5 Å². The number of carbonyl (C=O) groups excluding carboxylic acids is 7. The van der Waals surface area contributed by atoms with Crippen molar-refractivity contribution in [1.29, 1.82) is 0 Å². The molecule has 2 saturated heterocycles. The van der Waals surface area contributed by atoms with E-state index in [1.165, 1.54) is 6.92 Å². The van der Waals surface area contributed by atoms with Gasteiger partial charge in [0, 0.05) is 6.92 Å². The van der Waals surface area contributed by atoms with E-state index in [0.29, 0.717) is 27.8 Å². The average molecular weight is 1080 g/mol. The summed E-state index contributed by atoms with van der Waals surface area (Å²) in [6.07, 6.45) is -4.44. The standard InChI is InChI=1S/C31H30O8S.C29H28O7S/c1-18-5-11-22(12-6-18)28(33)36-17-25-26(38-29(34)23-13-7-19(2)8-14-23)27(31(40-25)37-21(4)32)39-30(35)24-15-9-20(3)10-16-24;1-17-4-10-20(11-5-17)26(30)34-16-23-24(35-27(31)21-12-6-18(2)7-13-21)25(29(33)37-23)36-28(32)22-14-8-19(3)9-15-22/h5-16,25-27,31H,17H2,1-4H3;4-15,23-25,29,33H,16H2,1-3H3/t25-,26+,27-,31?;23-,24+,25-,29?/m00/s1. The lowest BCUT2D eigenvalue weighted by molar-refractivity contribution is -0.148. The summed E-state index contributed by atoms with van der Waals surface area (Å²) in [5, 5.41) is 9.41. The number of aliphatic hydroxyl groups is 1. The van der Waals surface area contributed by atoms with Crippen LogP contribution in [0.3, 0.4) is 0 Å². The molecule has 2 unspecified atom stereocenters. The largest absolute Gasteiger partial charge is 0.461 e. The molecular formula is C60H58O15S2. The van der Waals surface area contributed by atoms with Gasteiger partial charge in [0.25, 0.3) is 0 Å². The zero-order valence-corrected chi connectivity index (χ0v) is 45.0. The number of hydrogen-bond donors (Lipinski definition) is 1. The van der Waals surface area contributed by atoms with Crippen molar-refractivity contribution in [3.05, 3.63) is 212 Å². The summed E-state index contributed by atoms with van der Waals surface area (Å²) in [5.74, 6) is -4.32. The predicted molar refractivity (Wildman–Crippen MR) is 289 cm³/mol. The fourth-order valence-corrected chi connectivity index (χ4v) is 10.5. The van der Waals surface area contributed by atoms with E-state index in [1.807, 2.05) is 41.5 Å². The summed E-state index contributed by atoms with van der Waals surface area (Å²) in [6, 6.07) is 41.1. The molecule has 2 aliphatic heterocycles. The highest BCUT2D eigenvalue weighted by Crippen LogP contribution is 2.41. The molecule has 8 atom stereocenters. The van der Waals surface area contributed by atoms with Crippen molar-refractivity contribution in [3.8, 4) is 0 Å². The summed E-state index contributed by atoms with van der Waals surface area (Å²) in [7, 11) is 0. The Labute approximate surface area is 454 Å². The maximum absolute atomic E-state index is 13.1. The molecule has 17 heteroatoms. The van der Waals surface area contributed by atoms with E-state index in [2.05, 4.69) is 0 Å². The first-order valence-corrected chi connectivity index (χ1v) is 26.4. The number of hydrogen-bond acceptors (Lipinski definition) is 17. The fraction of sp³-hybridized carbons (Fsp3) is 0.283. The molecule has 15 nitrogen and oxygen atoms in total. The number of benzene rings is 6. The molecule has 0 spiro atoms. The van der Waals surface area contributed by atoms with Crippen molar-refractivity contribution < 1.29 is 71.8 Å². The number of rotatable bonds is 15. The minimum Gasteiger partial charge on any atom is -0.461 e. The third-order valence-corrected chi connectivity index (χ3v) is 15.0. The Bertz CT molecular complexity index is 3030. The Kier molecular flexibility index (Phi) is 19.5. The van der Waals surface area contributed by atoms with Crippen LogP contribution in [0.4, 0.5) is 0 Å². The van der Waals surface area contributed by atoms with E-state index in [4.69, 9.17) is 33.2 Å². The van der Waals surface area contributed by atoms with Gasteiger partial charge < -0.3 is 38.3 Å². The molecule has 77 heavy (non-hydrogen) atoms. The molecule has 2 aliphatic rings. The van der Waals surface area contributed by atoms with Crippen LogP contribution in [0.5, 0.6) is 0 Å². The third kappa shape index (κ3) is 15.7. The maximum atomic E-state index is 13.1. The van der Waals surface area contributed by atoms with Gasteiger partial charge in [0.05, 0.1) is 43.9 Å². The van der Waals surface area contributed by atoms with Crippen LogP contribution < -0.4 is 0 Å². The second-order valence-corrected chi connectivity index (χ2v) is 21.3. The van der Waals surface area contributed by atoms with Crippen LogP contribution in [-0.2, 0) is 38.0 Å². The normalized spacial score (nSPS) is 20.3. The van der Waals surface area contributed by atoms with Crippen LogP contribution >= 0.6 is 23.5 Å². The van der Waals surface area contributed by atoms with E-state index >= 15 is 0 Å². The van der Waals surface area contributed by atoms with E-state index in [-0.39, 0.29) is 18.8 Å². The highest BCUT2D eigenvalue weighted by atomic mass is 32.2. The molecular weight excluding hydrogens is 1020 g/mol. The Morgan fingerprint density at radius 2 is 0.597 bits per heavy atom. The lowest BCUT2D eigenvalue weighted by Gasteiger charge is -2.25. The summed E-state index contributed by atoms with van der Waals surface area (Å²) in [4.78, 5) is 89.2. The van der Waals surface area contributed by atoms with Gasteiger partial charge in [0.2, 0.25) is 0 Å². The molecule has 0 amide bonds. The molecule has 1 N–H and O–H groups in total. The van der Waals surface area contributed by atoms with Crippen molar-refractivity contribution in [2.75, 3.05) is 13.2 Å². The predicted octanol–water partition coefficient (Wildman–Crippen LogP) is 9.88. The van der Waals surface area contributed by atoms with Crippen LogP contribution in [0.25, 0.3) is 0 Å². The second-order valence-electron chi connectivity index (χ2n) is 18.6. The highest BCUT2D eigenvalue weighted by Gasteiger charge is 2.52. The lowest BCUT2D eigenvalue weighted by Crippen LogP contribution is -2.42. The van der Waals surface area contributed by atoms with Crippen molar-refractivity contribution in [2.45, 2.75) is 94.3 Å². The summed E-state index contributed by atoms with van der Waals surface area (Å²) in [6.45, 7) is 12.3. The molecule has 6 aromatic carbocycles. The first-order chi connectivity index (χ1) is 36.8. The number of aliphatic hydroxyl groups excluding tert-OH is 1. The number of ether oxygens (including phenoxy) is 7. The van der Waals surface area contributed by atoms with Crippen molar-refractivity contribution >= 4 is 65.3 Å². The van der Waals surface area contributed by atoms with Gasteiger partial charge in [-0.25, -0.2) is 28.8 Å². The molecule has 2 fully saturated rings. The average Bonchev–Trinajstić information content (AvgIpc) is 3.87. The molecule has 0 radical (unpaired) electrons. The van der Waals surface area contributed by atoms with E-state index in [9.17, 15) is 38.7 Å². The zero-order chi connectivity index (χ0) is 55.3. The monoisotopic (exact) mass is 1080 g/mol. The van der Waals surface area contributed by atoms with Gasteiger partial charge >= 0.3 is 41.8 Å². The Hall–Kier alpha value is -7.73. The second kappa shape index (κ2) is 26.4. The molecule has 8 rings (SSSR count). The number of aryl methyl sites for hydroxylation is 6.